The lowest BCUT2D eigenvalue weighted by atomic mass is 9.70. The van der Waals surface area contributed by atoms with Crippen LogP contribution in [0.3, 0.4) is 0 Å². The molecule has 2 saturated heterocycles. The molecule has 5 heterocycles. The Balaban J connectivity index is 0.866. The molecule has 3 aromatic carbocycles. The Labute approximate surface area is 389 Å². The van der Waals surface area contributed by atoms with Crippen LogP contribution >= 0.6 is 0 Å². The predicted molar refractivity (Wildman–Crippen MR) is 252 cm³/mol. The number of anilines is 2. The van der Waals surface area contributed by atoms with Gasteiger partial charge in [-0.05, 0) is 117 Å². The Morgan fingerprint density at radius 1 is 1.01 bits per heavy atom. The number of nitro groups is 1. The summed E-state index contributed by atoms with van der Waals surface area (Å²) in [6.07, 6.45) is 9.77. The summed E-state index contributed by atoms with van der Waals surface area (Å²) in [6.45, 7) is 10.1. The first kappa shape index (κ1) is 45.0. The summed E-state index contributed by atoms with van der Waals surface area (Å²) in [4.78, 5) is 37.0. The maximum atomic E-state index is 15.5. The molecule has 0 bridgehead atoms. The van der Waals surface area contributed by atoms with Crippen molar-refractivity contribution in [3.05, 3.63) is 106 Å². The minimum Gasteiger partial charge on any atom is -0.489 e. The van der Waals surface area contributed by atoms with Gasteiger partial charge in [0.1, 0.15) is 18.0 Å². The number of hydrogen-bond acceptors (Lipinski definition) is 12. The zero-order valence-corrected chi connectivity index (χ0v) is 38.9. The van der Waals surface area contributed by atoms with E-state index in [1.165, 1.54) is 42.5 Å². The largest absolute Gasteiger partial charge is 0.489 e. The molecule has 4 fully saturated rings. The molecule has 2 aliphatic carbocycles. The number of aromatic nitrogens is 2. The molecule has 3 aliphatic heterocycles. The van der Waals surface area contributed by atoms with E-state index >= 15 is 4.39 Å². The van der Waals surface area contributed by atoms with E-state index in [4.69, 9.17) is 9.47 Å². The number of carbonyl (C=O) groups excluding carboxylic acids is 1. The molecule has 0 unspecified atom stereocenters. The molecule has 3 atom stereocenters. The van der Waals surface area contributed by atoms with Crippen LogP contribution in [0.2, 0.25) is 0 Å². The average molecular weight is 936 g/mol. The number of fused-ring (bicyclic) bond motifs is 2. The van der Waals surface area contributed by atoms with Crippen LogP contribution in [0.5, 0.6) is 17.2 Å². The fraction of sp³-hybridized carbons (Fsp3) is 0.480. The predicted octanol–water partition coefficient (Wildman–Crippen LogP) is 9.00. The number of carbonyl (C=O) groups is 1. The second-order valence-corrected chi connectivity index (χ2v) is 21.8. The lowest BCUT2D eigenvalue weighted by Crippen LogP contribution is -2.63. The van der Waals surface area contributed by atoms with Gasteiger partial charge >= 0.3 is 0 Å². The van der Waals surface area contributed by atoms with Crippen molar-refractivity contribution in [3.63, 3.8) is 0 Å². The van der Waals surface area contributed by atoms with Crippen molar-refractivity contribution in [2.75, 3.05) is 43.0 Å². The summed E-state index contributed by atoms with van der Waals surface area (Å²) in [6, 6.07) is 19.2. The second kappa shape index (κ2) is 17.4. The van der Waals surface area contributed by atoms with Gasteiger partial charge in [-0.25, -0.2) is 13.1 Å². The first-order chi connectivity index (χ1) is 32.1. The van der Waals surface area contributed by atoms with Crippen LogP contribution in [0.4, 0.5) is 21.5 Å². The van der Waals surface area contributed by atoms with Gasteiger partial charge in [0.25, 0.3) is 27.6 Å². The van der Waals surface area contributed by atoms with E-state index in [9.17, 15) is 28.4 Å². The Morgan fingerprint density at radius 3 is 2.52 bits per heavy atom. The van der Waals surface area contributed by atoms with E-state index in [0.29, 0.717) is 54.6 Å². The van der Waals surface area contributed by atoms with Gasteiger partial charge in [0.15, 0.2) is 17.2 Å². The molecular weight excluding hydrogens is 878 g/mol. The van der Waals surface area contributed by atoms with Crippen LogP contribution in [0.15, 0.2) is 77.8 Å². The molecule has 15 nitrogen and oxygen atoms in total. The molecule has 5 aliphatic rings. The number of benzene rings is 3. The number of amides is 1. The van der Waals surface area contributed by atoms with Crippen molar-refractivity contribution >= 4 is 44.0 Å². The molecule has 0 radical (unpaired) electrons. The fourth-order valence-electron chi connectivity index (χ4n) is 11.5. The van der Waals surface area contributed by atoms with E-state index < -0.39 is 43.0 Å². The molecule has 10 rings (SSSR count). The highest BCUT2D eigenvalue weighted by Crippen LogP contribution is 2.49. The Bertz CT molecular complexity index is 2830. The van der Waals surface area contributed by atoms with Gasteiger partial charge in [-0.3, -0.25) is 19.8 Å². The molecule has 1 spiro atoms. The molecule has 67 heavy (non-hydrogen) atoms. The number of likely N-dealkylation sites (tertiary alicyclic amines) is 1. The number of nitrogens with zero attached hydrogens (tertiary/aromatic N) is 4. The van der Waals surface area contributed by atoms with Gasteiger partial charge in [-0.1, -0.05) is 44.5 Å². The van der Waals surface area contributed by atoms with Crippen molar-refractivity contribution in [1.29, 1.82) is 0 Å². The number of halogens is 1. The third-order valence-electron chi connectivity index (χ3n) is 15.3. The van der Waals surface area contributed by atoms with Crippen LogP contribution in [-0.2, 0) is 10.0 Å². The number of nitro benzene ring substituents is 1. The van der Waals surface area contributed by atoms with Crippen molar-refractivity contribution < 1.29 is 37.1 Å². The number of aromatic amines is 1. The summed E-state index contributed by atoms with van der Waals surface area (Å²) >= 11 is 0. The topological polar surface area (TPSA) is 192 Å². The van der Waals surface area contributed by atoms with Crippen molar-refractivity contribution in [1.82, 2.24) is 19.6 Å². The maximum absolute atomic E-state index is 15.5. The zero-order chi connectivity index (χ0) is 46.8. The van der Waals surface area contributed by atoms with E-state index in [1.807, 2.05) is 0 Å². The fourth-order valence-corrected chi connectivity index (χ4v) is 12.5. The van der Waals surface area contributed by atoms with Crippen LogP contribution in [0.25, 0.3) is 11.0 Å². The number of piperidine rings is 1. The second-order valence-electron chi connectivity index (χ2n) is 20.2. The molecule has 354 valence electrons. The normalized spacial score (nSPS) is 25.0. The minimum atomic E-state index is -4.74. The highest BCUT2D eigenvalue weighted by atomic mass is 32.2. The number of H-pyrrole nitrogens is 1. The van der Waals surface area contributed by atoms with Crippen LogP contribution in [0, 0.1) is 27.4 Å². The Morgan fingerprint density at radius 2 is 1.78 bits per heavy atom. The number of pyridine rings is 1. The molecule has 4 N–H and O–H groups in total. The summed E-state index contributed by atoms with van der Waals surface area (Å²) in [7, 11) is -4.74. The number of hydrogen-bond donors (Lipinski definition) is 4. The van der Waals surface area contributed by atoms with Gasteiger partial charge in [0.05, 0.1) is 27.0 Å². The van der Waals surface area contributed by atoms with Gasteiger partial charge in [0.2, 0.25) is 0 Å². The van der Waals surface area contributed by atoms with E-state index in [-0.39, 0.29) is 52.5 Å². The van der Waals surface area contributed by atoms with Crippen molar-refractivity contribution in [3.8, 4) is 17.2 Å². The maximum Gasteiger partial charge on any atom is 0.297 e. The number of aliphatic hydroxyl groups is 1. The first-order valence-electron chi connectivity index (χ1n) is 23.6. The van der Waals surface area contributed by atoms with Crippen molar-refractivity contribution in [2.45, 2.75) is 113 Å². The number of nitrogens with one attached hydrogen (secondary N) is 3. The molecule has 2 saturated carbocycles. The summed E-state index contributed by atoms with van der Waals surface area (Å²) in [5, 5.41) is 26.6. The standard InChI is InChI=1S/C50H58FN7O8S/c1-30(2)35-7-4-5-8-36(35)37-9-6-10-40(37)57-28-50(29-57)18-21-56(22-19-50)33-11-12-38(42(24-33)66-44-23-32-15-20-52-47(32)54-46(44)51)48(59)55-67(63,64)34-25-41(58(61)62)45-43(26-34)65-27-39(53-45)31-13-16-49(3,60)17-14-31/h4-5,7-8,11-12,15,20,23-26,30-31,37,39-40,53,60H,6,9-10,13-14,16-19,21-22,27-29H2,1-3H3,(H,52,54)(H,55,59)/t31?,37-,39+,40-,49?/m0/s1. The van der Waals surface area contributed by atoms with Gasteiger partial charge in [0, 0.05) is 67.7 Å². The Kier molecular flexibility index (Phi) is 11.7. The number of sulfonamides is 1. The Hall–Kier alpha value is -5.78. The van der Waals surface area contributed by atoms with Gasteiger partial charge < -0.3 is 29.8 Å². The quantitative estimate of drug-likeness (QED) is 0.0559. The lowest BCUT2D eigenvalue weighted by Gasteiger charge is -2.57. The molecule has 2 aromatic heterocycles. The first-order valence-corrected chi connectivity index (χ1v) is 25.1. The lowest BCUT2D eigenvalue weighted by molar-refractivity contribution is -0.384. The highest BCUT2D eigenvalue weighted by molar-refractivity contribution is 7.90. The molecule has 1 amide bonds. The SMILES string of the molecule is CC(C)c1ccccc1[C@@H]1CCC[C@@H]1N1CC2(CCN(c3ccc(C(=O)NS(=O)(=O)c4cc5c(c([N+](=O)[O-])c4)N[C@@H](C4CCC(C)(O)CC4)CO5)c(Oc4cc5cc[nH]c5nc4F)c3)CC2)C1. The molecule has 5 aromatic rings. The van der Waals surface area contributed by atoms with E-state index in [1.54, 1.807) is 31.3 Å². The van der Waals surface area contributed by atoms with Gasteiger partial charge in [-0.2, -0.15) is 9.37 Å². The molecule has 17 heteroatoms. The third kappa shape index (κ3) is 8.81. The zero-order valence-electron chi connectivity index (χ0n) is 38.1. The third-order valence-corrected chi connectivity index (χ3v) is 16.6. The smallest absolute Gasteiger partial charge is 0.297 e. The minimum absolute atomic E-state index is 0.0364. The van der Waals surface area contributed by atoms with Crippen LogP contribution in [0.1, 0.15) is 112 Å². The number of ether oxygens (including phenoxy) is 2. The van der Waals surface area contributed by atoms with E-state index in [2.05, 4.69) is 67.9 Å². The summed E-state index contributed by atoms with van der Waals surface area (Å²) < 4.78 is 57.5. The highest BCUT2D eigenvalue weighted by Gasteiger charge is 2.49. The van der Waals surface area contributed by atoms with Gasteiger partial charge in [-0.15, -0.1) is 0 Å². The number of rotatable bonds is 11. The monoisotopic (exact) mass is 935 g/mol. The average Bonchev–Trinajstić information content (AvgIpc) is 3.97. The van der Waals surface area contributed by atoms with Crippen molar-refractivity contribution in [2.24, 2.45) is 11.3 Å². The van der Waals surface area contributed by atoms with Crippen LogP contribution < -0.4 is 24.4 Å². The molecular formula is C50H58FN7O8S. The summed E-state index contributed by atoms with van der Waals surface area (Å²) in [5.41, 5.74) is 2.76. The van der Waals surface area contributed by atoms with Crippen LogP contribution in [-0.4, -0.2) is 89.7 Å². The van der Waals surface area contributed by atoms with E-state index in [0.717, 1.165) is 56.8 Å². The summed E-state index contributed by atoms with van der Waals surface area (Å²) in [5.74, 6) is -1.30.